The summed E-state index contributed by atoms with van der Waals surface area (Å²) >= 11 is 0. The molecule has 1 saturated heterocycles. The van der Waals surface area contributed by atoms with E-state index >= 15 is 0 Å². The number of esters is 2. The predicted octanol–water partition coefficient (Wildman–Crippen LogP) is 4.14. The summed E-state index contributed by atoms with van der Waals surface area (Å²) in [5.74, 6) is -6.82. The van der Waals surface area contributed by atoms with E-state index in [1.807, 2.05) is 55.5 Å². The van der Waals surface area contributed by atoms with Crippen LogP contribution in [0.1, 0.15) is 56.6 Å². The molecule has 35 heavy (non-hydrogen) atoms. The van der Waals surface area contributed by atoms with Gasteiger partial charge in [-0.05, 0) is 42.7 Å². The molecule has 6 unspecified atom stereocenters. The molecule has 2 aromatic carbocycles. The largest absolute Gasteiger partial charge is 0.481 e. The third-order valence-electron chi connectivity index (χ3n) is 7.03. The van der Waals surface area contributed by atoms with Crippen molar-refractivity contribution >= 4 is 23.8 Å². The van der Waals surface area contributed by atoms with Crippen LogP contribution >= 0.6 is 0 Å². The van der Waals surface area contributed by atoms with Crippen molar-refractivity contribution in [2.75, 3.05) is 6.54 Å². The lowest BCUT2D eigenvalue weighted by Crippen LogP contribution is -2.42. The zero-order valence-corrected chi connectivity index (χ0v) is 20.3. The fourth-order valence-corrected chi connectivity index (χ4v) is 5.05. The standard InChI is InChI=1S/C28H33NO6/c1-4-29-25(30)23(15-17(2)19-11-7-5-8-12-19)24(26(31)32)22(20-13-9-6-10-14-20)16-21-18(3)27(33)35-28(21)34/h5-14,17-18,21-24H,4,15-16H2,1-3H3,(H,29,30)(H,31,32). The van der Waals surface area contributed by atoms with Crippen LogP contribution < -0.4 is 5.32 Å². The Morgan fingerprint density at radius 2 is 1.54 bits per heavy atom. The lowest BCUT2D eigenvalue weighted by atomic mass is 9.69. The third kappa shape index (κ3) is 6.15. The third-order valence-corrected chi connectivity index (χ3v) is 7.03. The number of hydrogen-bond donors (Lipinski definition) is 2. The monoisotopic (exact) mass is 479 g/mol. The van der Waals surface area contributed by atoms with Crippen LogP contribution in [0, 0.1) is 23.7 Å². The molecular weight excluding hydrogens is 446 g/mol. The summed E-state index contributed by atoms with van der Waals surface area (Å²) in [7, 11) is 0. The molecule has 1 amide bonds. The number of hydrogen-bond acceptors (Lipinski definition) is 5. The van der Waals surface area contributed by atoms with Crippen molar-refractivity contribution in [1.82, 2.24) is 5.32 Å². The van der Waals surface area contributed by atoms with Crippen LogP contribution in [0.25, 0.3) is 0 Å². The summed E-state index contributed by atoms with van der Waals surface area (Å²) in [5, 5.41) is 13.3. The van der Waals surface area contributed by atoms with Crippen LogP contribution in [0.2, 0.25) is 0 Å². The molecule has 186 valence electrons. The van der Waals surface area contributed by atoms with Gasteiger partial charge in [-0.2, -0.15) is 0 Å². The Balaban J connectivity index is 2.03. The zero-order valence-electron chi connectivity index (χ0n) is 20.3. The molecule has 0 aromatic heterocycles. The number of carbonyl (C=O) groups is 4. The molecule has 0 aliphatic carbocycles. The maximum Gasteiger partial charge on any atom is 0.317 e. The van der Waals surface area contributed by atoms with Gasteiger partial charge in [0.1, 0.15) is 0 Å². The Kier molecular flexibility index (Phi) is 8.79. The second kappa shape index (κ2) is 11.8. The van der Waals surface area contributed by atoms with Crippen LogP contribution in [-0.4, -0.2) is 35.5 Å². The Labute approximate surface area is 205 Å². The summed E-state index contributed by atoms with van der Waals surface area (Å²) in [6, 6.07) is 18.7. The Morgan fingerprint density at radius 1 is 0.971 bits per heavy atom. The van der Waals surface area contributed by atoms with Gasteiger partial charge in [-0.1, -0.05) is 74.5 Å². The zero-order chi connectivity index (χ0) is 25.5. The molecule has 0 spiro atoms. The second-order valence-corrected chi connectivity index (χ2v) is 9.30. The van der Waals surface area contributed by atoms with E-state index < -0.39 is 47.5 Å². The SMILES string of the molecule is CCNC(=O)C(CC(C)c1ccccc1)C(C(=O)O)C(CC1C(=O)OC(=O)C1C)c1ccccc1. The molecule has 0 radical (unpaired) electrons. The van der Waals surface area contributed by atoms with Crippen molar-refractivity contribution in [2.45, 2.75) is 45.4 Å². The molecule has 1 heterocycles. The number of aliphatic carboxylic acids is 1. The van der Waals surface area contributed by atoms with Gasteiger partial charge in [0.05, 0.1) is 23.7 Å². The van der Waals surface area contributed by atoms with Crippen molar-refractivity contribution in [3.05, 3.63) is 71.8 Å². The lowest BCUT2D eigenvalue weighted by Gasteiger charge is -2.33. The Bertz CT molecular complexity index is 1040. The number of ether oxygens (including phenoxy) is 1. The molecule has 1 aliphatic rings. The number of carbonyl (C=O) groups excluding carboxylic acids is 3. The van der Waals surface area contributed by atoms with Gasteiger partial charge in [-0.3, -0.25) is 19.2 Å². The lowest BCUT2D eigenvalue weighted by molar-refractivity contribution is -0.154. The number of carboxylic acids is 1. The Morgan fingerprint density at radius 3 is 2.03 bits per heavy atom. The maximum atomic E-state index is 13.3. The summed E-state index contributed by atoms with van der Waals surface area (Å²) in [6.45, 7) is 5.77. The number of nitrogens with one attached hydrogen (secondary N) is 1. The number of benzene rings is 2. The smallest absolute Gasteiger partial charge is 0.317 e. The minimum atomic E-state index is -1.11. The molecule has 6 atom stereocenters. The fourth-order valence-electron chi connectivity index (χ4n) is 5.05. The van der Waals surface area contributed by atoms with Crippen molar-refractivity contribution < 1.29 is 29.0 Å². The van der Waals surface area contributed by atoms with Gasteiger partial charge in [0.25, 0.3) is 0 Å². The molecule has 3 rings (SSSR count). The highest BCUT2D eigenvalue weighted by Gasteiger charge is 2.47. The van der Waals surface area contributed by atoms with Gasteiger partial charge in [0.2, 0.25) is 5.91 Å². The van der Waals surface area contributed by atoms with Gasteiger partial charge in [-0.15, -0.1) is 0 Å². The molecular formula is C28H33NO6. The fraction of sp³-hybridized carbons (Fsp3) is 0.429. The highest BCUT2D eigenvalue weighted by molar-refractivity contribution is 5.96. The number of rotatable bonds is 11. The average molecular weight is 480 g/mol. The normalized spacial score (nSPS) is 21.0. The minimum absolute atomic E-state index is 0.0703. The summed E-state index contributed by atoms with van der Waals surface area (Å²) in [5.41, 5.74) is 1.72. The van der Waals surface area contributed by atoms with Gasteiger partial charge in [-0.25, -0.2) is 0 Å². The number of amides is 1. The van der Waals surface area contributed by atoms with Crippen LogP contribution in [0.5, 0.6) is 0 Å². The van der Waals surface area contributed by atoms with Crippen LogP contribution in [0.3, 0.4) is 0 Å². The van der Waals surface area contributed by atoms with Crippen molar-refractivity contribution in [3.63, 3.8) is 0 Å². The van der Waals surface area contributed by atoms with E-state index in [-0.39, 0.29) is 18.2 Å². The van der Waals surface area contributed by atoms with Gasteiger partial charge in [0, 0.05) is 6.54 Å². The van der Waals surface area contributed by atoms with E-state index in [4.69, 9.17) is 4.74 Å². The molecule has 7 heteroatoms. The molecule has 0 saturated carbocycles. The quantitative estimate of drug-likeness (QED) is 0.370. The summed E-state index contributed by atoms with van der Waals surface area (Å²) < 4.78 is 4.83. The van der Waals surface area contributed by atoms with Crippen LogP contribution in [-0.2, 0) is 23.9 Å². The molecule has 1 fully saturated rings. The summed E-state index contributed by atoms with van der Waals surface area (Å²) in [4.78, 5) is 50.6. The van der Waals surface area contributed by atoms with E-state index in [0.717, 1.165) is 5.56 Å². The molecule has 2 N–H and O–H groups in total. The highest BCUT2D eigenvalue weighted by Crippen LogP contribution is 2.42. The van der Waals surface area contributed by atoms with E-state index in [1.165, 1.54) is 0 Å². The maximum absolute atomic E-state index is 13.3. The number of carboxylic acid groups (broad SMARTS) is 1. The molecule has 0 bridgehead atoms. The first-order chi connectivity index (χ1) is 16.7. The van der Waals surface area contributed by atoms with Gasteiger partial charge in [0.15, 0.2) is 0 Å². The first-order valence-corrected chi connectivity index (χ1v) is 12.1. The van der Waals surface area contributed by atoms with Crippen molar-refractivity contribution in [1.29, 1.82) is 0 Å². The first-order valence-electron chi connectivity index (χ1n) is 12.1. The minimum Gasteiger partial charge on any atom is -0.481 e. The van der Waals surface area contributed by atoms with Gasteiger partial charge < -0.3 is 15.2 Å². The molecule has 2 aromatic rings. The average Bonchev–Trinajstić information content (AvgIpc) is 3.09. The topological polar surface area (TPSA) is 110 Å². The van der Waals surface area contributed by atoms with E-state index in [2.05, 4.69) is 5.32 Å². The van der Waals surface area contributed by atoms with E-state index in [9.17, 15) is 24.3 Å². The number of cyclic esters (lactones) is 2. The van der Waals surface area contributed by atoms with Crippen LogP contribution in [0.15, 0.2) is 60.7 Å². The molecule has 7 nitrogen and oxygen atoms in total. The van der Waals surface area contributed by atoms with Crippen molar-refractivity contribution in [3.8, 4) is 0 Å². The van der Waals surface area contributed by atoms with E-state index in [1.54, 1.807) is 26.0 Å². The highest BCUT2D eigenvalue weighted by atomic mass is 16.6. The first kappa shape index (κ1) is 26.1. The predicted molar refractivity (Wildman–Crippen MR) is 130 cm³/mol. The Hall–Kier alpha value is -3.48. The van der Waals surface area contributed by atoms with Crippen molar-refractivity contribution in [2.24, 2.45) is 23.7 Å². The van der Waals surface area contributed by atoms with E-state index in [0.29, 0.717) is 18.5 Å². The van der Waals surface area contributed by atoms with Crippen LogP contribution in [0.4, 0.5) is 0 Å². The second-order valence-electron chi connectivity index (χ2n) is 9.30. The summed E-state index contributed by atoms with van der Waals surface area (Å²) in [6.07, 6.45) is 0.419. The molecule has 1 aliphatic heterocycles. The van der Waals surface area contributed by atoms with Gasteiger partial charge >= 0.3 is 17.9 Å².